The van der Waals surface area contributed by atoms with Crippen molar-refractivity contribution in [3.63, 3.8) is 0 Å². The average Bonchev–Trinajstić information content (AvgIpc) is 3.15. The molecule has 32 heavy (non-hydrogen) atoms. The quantitative estimate of drug-likeness (QED) is 0.462. The van der Waals surface area contributed by atoms with Gasteiger partial charge in [0.15, 0.2) is 0 Å². The molecule has 1 saturated carbocycles. The minimum Gasteiger partial charge on any atom is -0.496 e. The van der Waals surface area contributed by atoms with Crippen LogP contribution in [0, 0.1) is 0 Å². The number of unbranched alkanes of at least 4 members (excludes halogenated alkanes) is 1. The fraction of sp³-hybridized carbons (Fsp3) is 0.548. The topological polar surface area (TPSA) is 9.23 Å². The van der Waals surface area contributed by atoms with E-state index in [-0.39, 0.29) is 5.41 Å². The largest absolute Gasteiger partial charge is 0.496 e. The van der Waals surface area contributed by atoms with Gasteiger partial charge in [0.1, 0.15) is 5.75 Å². The summed E-state index contributed by atoms with van der Waals surface area (Å²) in [4.78, 5) is 0. The van der Waals surface area contributed by atoms with Crippen LogP contribution < -0.4 is 4.74 Å². The monoisotopic (exact) mass is 428 g/mol. The first-order valence-corrected chi connectivity index (χ1v) is 12.9. The predicted octanol–water partition coefficient (Wildman–Crippen LogP) is 8.72. The third-order valence-electron chi connectivity index (χ3n) is 8.24. The van der Waals surface area contributed by atoms with E-state index in [0.717, 1.165) is 30.4 Å². The lowest BCUT2D eigenvalue weighted by atomic mass is 9.64. The number of benzene rings is 2. The second-order valence-corrected chi connectivity index (χ2v) is 11.6. The molecular formula is C31H40O. The number of hydrogen-bond donors (Lipinski definition) is 0. The van der Waals surface area contributed by atoms with E-state index >= 15 is 0 Å². The summed E-state index contributed by atoms with van der Waals surface area (Å²) < 4.78 is 6.05. The Morgan fingerprint density at radius 1 is 1.00 bits per heavy atom. The molecule has 0 amide bonds. The van der Waals surface area contributed by atoms with E-state index in [1.165, 1.54) is 66.4 Å². The second-order valence-electron chi connectivity index (χ2n) is 11.6. The standard InChI is InChI=1S/C31H40O/c1-7-8-9-22-16-24(18-27(30(22)32-6)31(3,4)5)29-25-15-19(2)14-23(25)17-26-20-10-12-21(13-11-20)28(26)29/h14,16-18,20-21H,7-13,15H2,1-6H3. The van der Waals surface area contributed by atoms with Crippen LogP contribution in [0.3, 0.4) is 0 Å². The maximum atomic E-state index is 6.05. The van der Waals surface area contributed by atoms with Crippen molar-refractivity contribution in [1.29, 1.82) is 0 Å². The van der Waals surface area contributed by atoms with Crippen LogP contribution in [0.5, 0.6) is 5.75 Å². The van der Waals surface area contributed by atoms with Gasteiger partial charge < -0.3 is 4.74 Å². The molecule has 4 aliphatic rings. The fourth-order valence-electron chi connectivity index (χ4n) is 6.68. The summed E-state index contributed by atoms with van der Waals surface area (Å²) >= 11 is 0. The highest BCUT2D eigenvalue weighted by Crippen LogP contribution is 2.55. The Bertz CT molecular complexity index is 1070. The number of hydrogen-bond acceptors (Lipinski definition) is 1. The zero-order valence-corrected chi connectivity index (χ0v) is 21.0. The van der Waals surface area contributed by atoms with Gasteiger partial charge in [-0.2, -0.15) is 0 Å². The SMILES string of the molecule is CCCCc1cc(-c2c3c(cc4c2C2CCC4CC2)C=C(C)C3)cc(C(C)(C)C)c1OC. The summed E-state index contributed by atoms with van der Waals surface area (Å²) in [6.45, 7) is 11.6. The van der Waals surface area contributed by atoms with Crippen LogP contribution in [0.4, 0.5) is 0 Å². The first kappa shape index (κ1) is 21.8. The van der Waals surface area contributed by atoms with Crippen molar-refractivity contribution in [2.75, 3.05) is 7.11 Å². The highest BCUT2D eigenvalue weighted by molar-refractivity contribution is 5.83. The molecule has 4 aliphatic carbocycles. The Morgan fingerprint density at radius 2 is 1.72 bits per heavy atom. The van der Waals surface area contributed by atoms with E-state index < -0.39 is 0 Å². The molecule has 1 fully saturated rings. The molecule has 0 aliphatic heterocycles. The summed E-state index contributed by atoms with van der Waals surface area (Å²) in [7, 11) is 1.86. The van der Waals surface area contributed by atoms with Crippen LogP contribution in [0.2, 0.25) is 0 Å². The Labute approximate surface area is 195 Å². The summed E-state index contributed by atoms with van der Waals surface area (Å²) in [5, 5.41) is 0. The highest BCUT2D eigenvalue weighted by atomic mass is 16.5. The smallest absolute Gasteiger partial charge is 0.125 e. The van der Waals surface area contributed by atoms with Crippen molar-refractivity contribution < 1.29 is 4.74 Å². The third-order valence-corrected chi connectivity index (χ3v) is 8.24. The van der Waals surface area contributed by atoms with Crippen LogP contribution in [-0.4, -0.2) is 7.11 Å². The maximum Gasteiger partial charge on any atom is 0.125 e. The van der Waals surface area contributed by atoms with Gasteiger partial charge in [-0.3, -0.25) is 0 Å². The van der Waals surface area contributed by atoms with E-state index in [0.29, 0.717) is 0 Å². The lowest BCUT2D eigenvalue weighted by Crippen LogP contribution is -2.23. The molecule has 0 atom stereocenters. The van der Waals surface area contributed by atoms with Crippen molar-refractivity contribution in [2.45, 2.75) is 103 Å². The van der Waals surface area contributed by atoms with Crippen LogP contribution in [0.15, 0.2) is 23.8 Å². The van der Waals surface area contributed by atoms with Crippen molar-refractivity contribution >= 4 is 6.08 Å². The Balaban J connectivity index is 1.79. The van der Waals surface area contributed by atoms with Crippen LogP contribution in [0.25, 0.3) is 17.2 Å². The van der Waals surface area contributed by atoms with Gasteiger partial charge in [0.25, 0.3) is 0 Å². The lowest BCUT2D eigenvalue weighted by molar-refractivity contribution is 0.359. The number of rotatable bonds is 5. The summed E-state index contributed by atoms with van der Waals surface area (Å²) in [5.41, 5.74) is 13.8. The molecule has 0 aromatic heterocycles. The molecule has 0 radical (unpaired) electrons. The highest BCUT2D eigenvalue weighted by Gasteiger charge is 2.37. The second kappa shape index (κ2) is 8.08. The average molecular weight is 429 g/mol. The van der Waals surface area contributed by atoms with E-state index in [9.17, 15) is 0 Å². The Morgan fingerprint density at radius 3 is 2.38 bits per heavy atom. The predicted molar refractivity (Wildman–Crippen MR) is 137 cm³/mol. The van der Waals surface area contributed by atoms with Crippen LogP contribution in [0.1, 0.15) is 118 Å². The van der Waals surface area contributed by atoms with E-state index in [2.05, 4.69) is 58.9 Å². The zero-order chi connectivity index (χ0) is 22.6. The van der Waals surface area contributed by atoms with E-state index in [1.807, 2.05) is 7.11 Å². The Kier molecular flexibility index (Phi) is 5.51. The van der Waals surface area contributed by atoms with Crippen molar-refractivity contribution in [1.82, 2.24) is 0 Å². The van der Waals surface area contributed by atoms with E-state index in [4.69, 9.17) is 4.74 Å². The molecule has 2 aromatic carbocycles. The normalized spacial score (nSPS) is 21.4. The Hall–Kier alpha value is -2.02. The molecule has 0 N–H and O–H groups in total. The molecule has 0 heterocycles. The van der Waals surface area contributed by atoms with Crippen molar-refractivity contribution in [3.05, 3.63) is 57.2 Å². The molecule has 0 saturated heterocycles. The van der Waals surface area contributed by atoms with Gasteiger partial charge in [-0.15, -0.1) is 0 Å². The number of ether oxygens (including phenoxy) is 1. The van der Waals surface area contributed by atoms with Gasteiger partial charge in [0, 0.05) is 5.56 Å². The van der Waals surface area contributed by atoms with Gasteiger partial charge in [0.05, 0.1) is 7.11 Å². The lowest BCUT2D eigenvalue weighted by Gasteiger charge is -2.41. The van der Waals surface area contributed by atoms with Gasteiger partial charge in [-0.1, -0.05) is 51.8 Å². The van der Waals surface area contributed by atoms with Gasteiger partial charge in [0.2, 0.25) is 0 Å². The van der Waals surface area contributed by atoms with Crippen LogP contribution >= 0.6 is 0 Å². The molecule has 1 nitrogen and oxygen atoms in total. The van der Waals surface area contributed by atoms with Crippen molar-refractivity contribution in [3.8, 4) is 16.9 Å². The third kappa shape index (κ3) is 3.53. The number of allylic oxidation sites excluding steroid dienone is 1. The molecule has 1 heteroatoms. The minimum absolute atomic E-state index is 0.0491. The maximum absolute atomic E-state index is 6.05. The number of aryl methyl sites for hydroxylation is 1. The molecule has 0 spiro atoms. The van der Waals surface area contributed by atoms with E-state index in [1.54, 1.807) is 22.3 Å². The zero-order valence-electron chi connectivity index (χ0n) is 21.0. The summed E-state index contributed by atoms with van der Waals surface area (Å²) in [6, 6.07) is 7.56. The van der Waals surface area contributed by atoms with Crippen molar-refractivity contribution in [2.24, 2.45) is 0 Å². The van der Waals surface area contributed by atoms with Crippen LogP contribution in [-0.2, 0) is 18.3 Å². The fourth-order valence-corrected chi connectivity index (χ4v) is 6.68. The van der Waals surface area contributed by atoms with Gasteiger partial charge in [-0.25, -0.2) is 0 Å². The summed E-state index contributed by atoms with van der Waals surface area (Å²) in [5.74, 6) is 2.63. The molecule has 0 unspecified atom stereocenters. The molecule has 6 rings (SSSR count). The summed E-state index contributed by atoms with van der Waals surface area (Å²) in [6.07, 6.45) is 12.6. The molecular weight excluding hydrogens is 388 g/mol. The first-order chi connectivity index (χ1) is 15.3. The van der Waals surface area contributed by atoms with Gasteiger partial charge >= 0.3 is 0 Å². The van der Waals surface area contributed by atoms with Gasteiger partial charge in [-0.05, 0) is 120 Å². The first-order valence-electron chi connectivity index (χ1n) is 12.9. The number of fused-ring (bicyclic) bond motifs is 3. The molecule has 170 valence electrons. The molecule has 2 bridgehead atoms. The molecule has 2 aromatic rings. The minimum atomic E-state index is 0.0491. The number of methoxy groups -OCH3 is 1.